The van der Waals surface area contributed by atoms with Crippen LogP contribution >= 0.6 is 0 Å². The first kappa shape index (κ1) is 13.3. The van der Waals surface area contributed by atoms with Crippen LogP contribution in [-0.2, 0) is 14.2 Å². The number of rotatable bonds is 2. The van der Waals surface area contributed by atoms with Gasteiger partial charge in [-0.25, -0.2) is 0 Å². The number of fused-ring (bicyclic) bond motifs is 1. The minimum Gasteiger partial charge on any atom is -0.365 e. The van der Waals surface area contributed by atoms with Crippen LogP contribution in [0.2, 0.25) is 0 Å². The molecule has 4 atom stereocenters. The fraction of sp³-hybridized carbons (Fsp3) is 1.00. The molecule has 0 aromatic rings. The first-order chi connectivity index (χ1) is 7.73. The molecule has 0 radical (unpaired) electrons. The summed E-state index contributed by atoms with van der Waals surface area (Å²) in [4.78, 5) is 0. The highest BCUT2D eigenvalue weighted by molar-refractivity contribution is 4.95. The molecule has 1 unspecified atom stereocenters. The quantitative estimate of drug-likeness (QED) is 0.806. The summed E-state index contributed by atoms with van der Waals surface area (Å²) in [5.74, 6) is -1.35. The van der Waals surface area contributed by atoms with Crippen molar-refractivity contribution in [1.82, 2.24) is 0 Å². The Kier molecular flexibility index (Phi) is 3.28. The lowest BCUT2D eigenvalue weighted by Crippen LogP contribution is -2.55. The van der Waals surface area contributed by atoms with E-state index in [1.807, 2.05) is 20.8 Å². The van der Waals surface area contributed by atoms with Crippen LogP contribution in [0.15, 0.2) is 0 Å². The fourth-order valence-electron chi connectivity index (χ4n) is 2.86. The Morgan fingerprint density at radius 2 is 1.94 bits per heavy atom. The van der Waals surface area contributed by atoms with Crippen LogP contribution in [0.25, 0.3) is 0 Å². The highest BCUT2D eigenvalue weighted by atomic mass is 16.8. The van der Waals surface area contributed by atoms with Crippen molar-refractivity contribution in [2.45, 2.75) is 64.8 Å². The number of hydrogen-bond donors (Lipinski definition) is 1. The molecule has 2 aliphatic rings. The third kappa shape index (κ3) is 2.50. The summed E-state index contributed by atoms with van der Waals surface area (Å²) in [7, 11) is 0. The van der Waals surface area contributed by atoms with Gasteiger partial charge in [0.15, 0.2) is 11.6 Å². The summed E-state index contributed by atoms with van der Waals surface area (Å²) < 4.78 is 17.3. The van der Waals surface area contributed by atoms with Crippen LogP contribution in [0.5, 0.6) is 0 Å². The van der Waals surface area contributed by atoms with Crippen molar-refractivity contribution in [3.63, 3.8) is 0 Å². The lowest BCUT2D eigenvalue weighted by atomic mass is 9.84. The Morgan fingerprint density at radius 1 is 1.29 bits per heavy atom. The molecule has 4 nitrogen and oxygen atoms in total. The fourth-order valence-corrected chi connectivity index (χ4v) is 2.86. The molecule has 1 N–H and O–H groups in total. The highest BCUT2D eigenvalue weighted by Crippen LogP contribution is 2.42. The zero-order chi connectivity index (χ0) is 12.8. The van der Waals surface area contributed by atoms with E-state index in [-0.39, 0.29) is 18.1 Å². The number of hydrogen-bond acceptors (Lipinski definition) is 4. The molecule has 0 saturated carbocycles. The molecular formula is C13H24O4. The van der Waals surface area contributed by atoms with E-state index in [4.69, 9.17) is 14.2 Å². The molecule has 2 aliphatic heterocycles. The maximum absolute atomic E-state index is 10.6. The van der Waals surface area contributed by atoms with Crippen LogP contribution in [-0.4, -0.2) is 35.5 Å². The SMILES string of the molecule is CC(C)CC1(O)OC[C@@H]2OC(C)(C)O[C@@H]2[C@H]1C. The van der Waals surface area contributed by atoms with E-state index in [1.54, 1.807) is 0 Å². The molecule has 100 valence electrons. The van der Waals surface area contributed by atoms with Gasteiger partial charge >= 0.3 is 0 Å². The van der Waals surface area contributed by atoms with Crippen molar-refractivity contribution in [1.29, 1.82) is 0 Å². The zero-order valence-electron chi connectivity index (χ0n) is 11.4. The van der Waals surface area contributed by atoms with Crippen LogP contribution in [0.4, 0.5) is 0 Å². The molecule has 2 rings (SSSR count). The lowest BCUT2D eigenvalue weighted by Gasteiger charge is -2.43. The maximum atomic E-state index is 10.6. The molecule has 4 heteroatoms. The Morgan fingerprint density at radius 3 is 2.53 bits per heavy atom. The van der Waals surface area contributed by atoms with Crippen molar-refractivity contribution in [3.05, 3.63) is 0 Å². The van der Waals surface area contributed by atoms with Gasteiger partial charge < -0.3 is 19.3 Å². The molecule has 2 heterocycles. The third-order valence-corrected chi connectivity index (χ3v) is 3.62. The van der Waals surface area contributed by atoms with Crippen molar-refractivity contribution >= 4 is 0 Å². The largest absolute Gasteiger partial charge is 0.365 e. The summed E-state index contributed by atoms with van der Waals surface area (Å²) in [6.45, 7) is 10.3. The van der Waals surface area contributed by atoms with Gasteiger partial charge in [0.1, 0.15) is 6.10 Å². The van der Waals surface area contributed by atoms with Crippen LogP contribution in [0.3, 0.4) is 0 Å². The first-order valence-corrected chi connectivity index (χ1v) is 6.45. The molecule has 2 saturated heterocycles. The average Bonchev–Trinajstić information content (AvgIpc) is 2.47. The van der Waals surface area contributed by atoms with E-state index in [0.29, 0.717) is 18.9 Å². The standard InChI is InChI=1S/C13H24O4/c1-8(2)6-13(14)9(3)11-10(7-15-13)16-12(4,5)17-11/h8-11,14H,6-7H2,1-5H3/t9-,10+,11-,13?/m1/s1. The van der Waals surface area contributed by atoms with Gasteiger partial charge in [-0.1, -0.05) is 20.8 Å². The van der Waals surface area contributed by atoms with Gasteiger partial charge in [0.2, 0.25) is 0 Å². The Bertz CT molecular complexity index is 289. The van der Waals surface area contributed by atoms with Crippen LogP contribution in [0.1, 0.15) is 41.0 Å². The van der Waals surface area contributed by atoms with E-state index in [2.05, 4.69) is 13.8 Å². The first-order valence-electron chi connectivity index (χ1n) is 6.45. The van der Waals surface area contributed by atoms with E-state index in [0.717, 1.165) is 0 Å². The second-order valence-electron chi connectivity index (χ2n) is 6.18. The molecule has 0 aromatic carbocycles. The van der Waals surface area contributed by atoms with Gasteiger partial charge in [-0.05, 0) is 19.8 Å². The third-order valence-electron chi connectivity index (χ3n) is 3.62. The van der Waals surface area contributed by atoms with Crippen LogP contribution < -0.4 is 0 Å². The number of ether oxygens (including phenoxy) is 3. The second-order valence-corrected chi connectivity index (χ2v) is 6.18. The topological polar surface area (TPSA) is 47.9 Å². The summed E-state index contributed by atoms with van der Waals surface area (Å²) in [6, 6.07) is 0. The van der Waals surface area contributed by atoms with Crippen molar-refractivity contribution < 1.29 is 19.3 Å². The van der Waals surface area contributed by atoms with Gasteiger partial charge in [-0.15, -0.1) is 0 Å². The summed E-state index contributed by atoms with van der Waals surface area (Å²) in [5.41, 5.74) is 0. The highest BCUT2D eigenvalue weighted by Gasteiger charge is 2.54. The van der Waals surface area contributed by atoms with Gasteiger partial charge in [0, 0.05) is 12.3 Å². The smallest absolute Gasteiger partial charge is 0.170 e. The monoisotopic (exact) mass is 244 g/mol. The molecule has 0 spiro atoms. The van der Waals surface area contributed by atoms with Gasteiger partial charge in [0.05, 0.1) is 12.7 Å². The second kappa shape index (κ2) is 4.19. The minimum absolute atomic E-state index is 0.0626. The molecule has 2 fully saturated rings. The number of aliphatic hydroxyl groups is 1. The molecule has 0 bridgehead atoms. The van der Waals surface area contributed by atoms with Crippen molar-refractivity contribution in [2.24, 2.45) is 11.8 Å². The molecular weight excluding hydrogens is 220 g/mol. The predicted octanol–water partition coefficient (Wildman–Crippen LogP) is 1.91. The summed E-state index contributed by atoms with van der Waals surface area (Å²) >= 11 is 0. The van der Waals surface area contributed by atoms with E-state index < -0.39 is 11.6 Å². The van der Waals surface area contributed by atoms with Gasteiger partial charge in [-0.3, -0.25) is 0 Å². The van der Waals surface area contributed by atoms with Crippen molar-refractivity contribution in [3.8, 4) is 0 Å². The summed E-state index contributed by atoms with van der Waals surface area (Å²) in [5, 5.41) is 10.6. The van der Waals surface area contributed by atoms with Crippen LogP contribution in [0, 0.1) is 11.8 Å². The van der Waals surface area contributed by atoms with E-state index in [1.165, 1.54) is 0 Å². The van der Waals surface area contributed by atoms with E-state index in [9.17, 15) is 5.11 Å². The van der Waals surface area contributed by atoms with Gasteiger partial charge in [0.25, 0.3) is 0 Å². The maximum Gasteiger partial charge on any atom is 0.170 e. The molecule has 0 aliphatic carbocycles. The lowest BCUT2D eigenvalue weighted by molar-refractivity contribution is -0.290. The van der Waals surface area contributed by atoms with E-state index >= 15 is 0 Å². The van der Waals surface area contributed by atoms with Crippen molar-refractivity contribution in [2.75, 3.05) is 6.61 Å². The summed E-state index contributed by atoms with van der Waals surface area (Å²) in [6.07, 6.45) is 0.483. The molecule has 0 aromatic heterocycles. The Balaban J connectivity index is 2.12. The van der Waals surface area contributed by atoms with Gasteiger partial charge in [-0.2, -0.15) is 0 Å². The molecule has 17 heavy (non-hydrogen) atoms. The normalized spacial score (nSPS) is 45.0. The zero-order valence-corrected chi connectivity index (χ0v) is 11.4. The predicted molar refractivity (Wildman–Crippen MR) is 63.3 cm³/mol. The Labute approximate surface area is 103 Å². The minimum atomic E-state index is -1.08. The average molecular weight is 244 g/mol. The Hall–Kier alpha value is -0.160. The molecule has 0 amide bonds.